The fourth-order valence-electron chi connectivity index (χ4n) is 2.58. The third-order valence-corrected chi connectivity index (χ3v) is 4.92. The Labute approximate surface area is 128 Å². The van der Waals surface area contributed by atoms with Gasteiger partial charge < -0.3 is 5.11 Å². The Bertz CT molecular complexity index is 839. The summed E-state index contributed by atoms with van der Waals surface area (Å²) in [5.41, 5.74) is 4.25. The summed E-state index contributed by atoms with van der Waals surface area (Å²) in [6.45, 7) is -0.366. The Balaban J connectivity index is 1.86. The second kappa shape index (κ2) is 5.55. The molecule has 0 heterocycles. The van der Waals surface area contributed by atoms with Crippen LogP contribution in [-0.2, 0) is 25.5 Å². The Morgan fingerprint density at radius 1 is 1.09 bits per heavy atom. The summed E-state index contributed by atoms with van der Waals surface area (Å²) < 4.78 is 28.9. The molecular weight excluding hydrogens is 304 g/mol. The zero-order valence-corrected chi connectivity index (χ0v) is 12.5. The molecule has 0 saturated heterocycles. The Hall–Kier alpha value is -2.18. The van der Waals surface area contributed by atoms with E-state index < -0.39 is 16.1 Å². The van der Waals surface area contributed by atoms with Crippen molar-refractivity contribution in [3.63, 3.8) is 0 Å². The highest BCUT2D eigenvalue weighted by Crippen LogP contribution is 2.37. The number of hydrogen-bond acceptors (Lipinski definition) is 4. The van der Waals surface area contributed by atoms with E-state index in [9.17, 15) is 13.2 Å². The van der Waals surface area contributed by atoms with Gasteiger partial charge in [0, 0.05) is 0 Å². The zero-order valence-electron chi connectivity index (χ0n) is 11.7. The molecule has 0 atom stereocenters. The number of aliphatic carboxylic acids is 1. The Morgan fingerprint density at radius 3 is 2.59 bits per heavy atom. The lowest BCUT2D eigenvalue weighted by Crippen LogP contribution is -2.10. The predicted molar refractivity (Wildman–Crippen MR) is 80.1 cm³/mol. The first-order valence-electron chi connectivity index (χ1n) is 6.80. The normalized spacial score (nSPS) is 12.7. The number of carbonyl (C=O) groups is 1. The van der Waals surface area contributed by atoms with Crippen LogP contribution in [0.25, 0.3) is 11.1 Å². The van der Waals surface area contributed by atoms with Crippen LogP contribution >= 0.6 is 0 Å². The standard InChI is InChI=1S/C16H14O5S/c17-16(18)7-8-21-22(19,20)13-5-6-15-12(10-13)9-11-3-1-2-4-14(11)15/h1-6,10H,7-9H2,(H,17,18). The molecule has 0 amide bonds. The second-order valence-corrected chi connectivity index (χ2v) is 6.69. The highest BCUT2D eigenvalue weighted by Gasteiger charge is 2.22. The van der Waals surface area contributed by atoms with Gasteiger partial charge in [0.2, 0.25) is 0 Å². The summed E-state index contributed by atoms with van der Waals surface area (Å²) in [7, 11) is -3.93. The molecule has 22 heavy (non-hydrogen) atoms. The monoisotopic (exact) mass is 318 g/mol. The quantitative estimate of drug-likeness (QED) is 0.731. The van der Waals surface area contributed by atoms with Gasteiger partial charge in [-0.2, -0.15) is 8.42 Å². The van der Waals surface area contributed by atoms with Crippen molar-refractivity contribution in [2.45, 2.75) is 17.7 Å². The van der Waals surface area contributed by atoms with E-state index in [1.54, 1.807) is 12.1 Å². The lowest BCUT2D eigenvalue weighted by atomic mass is 10.1. The van der Waals surface area contributed by atoms with Crippen LogP contribution in [0, 0.1) is 0 Å². The molecule has 0 saturated carbocycles. The summed E-state index contributed by atoms with van der Waals surface area (Å²) >= 11 is 0. The molecule has 5 nitrogen and oxygen atoms in total. The number of hydrogen-bond donors (Lipinski definition) is 1. The van der Waals surface area contributed by atoms with E-state index in [0.29, 0.717) is 6.42 Å². The highest BCUT2D eigenvalue weighted by molar-refractivity contribution is 7.86. The lowest BCUT2D eigenvalue weighted by Gasteiger charge is -2.07. The summed E-state index contributed by atoms with van der Waals surface area (Å²) in [6.07, 6.45) is 0.333. The summed E-state index contributed by atoms with van der Waals surface area (Å²) in [5.74, 6) is -1.10. The molecule has 0 radical (unpaired) electrons. The molecule has 114 valence electrons. The van der Waals surface area contributed by atoms with Gasteiger partial charge in [0.25, 0.3) is 10.1 Å². The van der Waals surface area contributed by atoms with Crippen LogP contribution in [0.4, 0.5) is 0 Å². The van der Waals surface area contributed by atoms with Crippen LogP contribution in [0.1, 0.15) is 17.5 Å². The van der Waals surface area contributed by atoms with Crippen molar-refractivity contribution >= 4 is 16.1 Å². The lowest BCUT2D eigenvalue weighted by molar-refractivity contribution is -0.137. The van der Waals surface area contributed by atoms with Gasteiger partial charge in [0.05, 0.1) is 17.9 Å². The van der Waals surface area contributed by atoms with Gasteiger partial charge >= 0.3 is 5.97 Å². The smallest absolute Gasteiger partial charge is 0.305 e. The van der Waals surface area contributed by atoms with Crippen LogP contribution < -0.4 is 0 Å². The molecule has 0 fully saturated rings. The number of benzene rings is 2. The molecule has 0 aliphatic heterocycles. The van der Waals surface area contributed by atoms with Gasteiger partial charge in [0.1, 0.15) is 0 Å². The van der Waals surface area contributed by atoms with Crippen LogP contribution in [-0.4, -0.2) is 26.1 Å². The summed E-state index contributed by atoms with van der Waals surface area (Å²) in [4.78, 5) is 10.5. The topological polar surface area (TPSA) is 80.7 Å². The largest absolute Gasteiger partial charge is 0.481 e. The number of rotatable bonds is 5. The molecule has 1 N–H and O–H groups in total. The number of fused-ring (bicyclic) bond motifs is 3. The van der Waals surface area contributed by atoms with E-state index in [-0.39, 0.29) is 17.9 Å². The van der Waals surface area contributed by atoms with E-state index >= 15 is 0 Å². The van der Waals surface area contributed by atoms with Crippen molar-refractivity contribution < 1.29 is 22.5 Å². The molecule has 3 rings (SSSR count). The third-order valence-electron chi connectivity index (χ3n) is 3.61. The fraction of sp³-hybridized carbons (Fsp3) is 0.188. The average molecular weight is 318 g/mol. The molecule has 0 aromatic heterocycles. The number of carboxylic acid groups (broad SMARTS) is 1. The molecule has 0 spiro atoms. The van der Waals surface area contributed by atoms with Crippen molar-refractivity contribution in [2.24, 2.45) is 0 Å². The van der Waals surface area contributed by atoms with Crippen LogP contribution in [0.3, 0.4) is 0 Å². The van der Waals surface area contributed by atoms with Gasteiger partial charge in [-0.05, 0) is 40.8 Å². The minimum Gasteiger partial charge on any atom is -0.481 e. The van der Waals surface area contributed by atoms with Crippen molar-refractivity contribution in [3.05, 3.63) is 53.6 Å². The van der Waals surface area contributed by atoms with Crippen molar-refractivity contribution in [3.8, 4) is 11.1 Å². The number of carboxylic acids is 1. The first kappa shape index (κ1) is 14.7. The maximum Gasteiger partial charge on any atom is 0.305 e. The van der Waals surface area contributed by atoms with Gasteiger partial charge in [0.15, 0.2) is 0 Å². The van der Waals surface area contributed by atoms with Crippen LogP contribution in [0.15, 0.2) is 47.4 Å². The maximum absolute atomic E-state index is 12.1. The van der Waals surface area contributed by atoms with Gasteiger partial charge in [-0.1, -0.05) is 30.3 Å². The van der Waals surface area contributed by atoms with E-state index in [1.807, 2.05) is 24.3 Å². The molecule has 2 aromatic carbocycles. The first-order valence-corrected chi connectivity index (χ1v) is 8.20. The summed E-state index contributed by atoms with van der Waals surface area (Å²) in [5, 5.41) is 8.53. The van der Waals surface area contributed by atoms with Crippen molar-refractivity contribution in [1.82, 2.24) is 0 Å². The average Bonchev–Trinajstić information content (AvgIpc) is 2.84. The van der Waals surface area contributed by atoms with Gasteiger partial charge in [-0.15, -0.1) is 0 Å². The first-order chi connectivity index (χ1) is 10.5. The van der Waals surface area contributed by atoms with Gasteiger partial charge in [-0.3, -0.25) is 8.98 Å². The van der Waals surface area contributed by atoms with Crippen LogP contribution in [0.5, 0.6) is 0 Å². The second-order valence-electron chi connectivity index (χ2n) is 5.07. The molecule has 2 aromatic rings. The van der Waals surface area contributed by atoms with Crippen molar-refractivity contribution in [2.75, 3.05) is 6.61 Å². The van der Waals surface area contributed by atoms with Gasteiger partial charge in [-0.25, -0.2) is 0 Å². The molecule has 1 aliphatic carbocycles. The molecule has 0 bridgehead atoms. The van der Waals surface area contributed by atoms with E-state index in [4.69, 9.17) is 9.29 Å². The zero-order chi connectivity index (χ0) is 15.7. The summed E-state index contributed by atoms with van der Waals surface area (Å²) in [6, 6.07) is 12.8. The van der Waals surface area contributed by atoms with Crippen molar-refractivity contribution in [1.29, 1.82) is 0 Å². The van der Waals surface area contributed by atoms with Crippen LogP contribution in [0.2, 0.25) is 0 Å². The maximum atomic E-state index is 12.1. The molecular formula is C16H14O5S. The minimum absolute atomic E-state index is 0.0597. The van der Waals surface area contributed by atoms with E-state index in [2.05, 4.69) is 0 Å². The Kier molecular flexibility index (Phi) is 3.72. The predicted octanol–water partition coefficient (Wildman–Crippen LogP) is 2.44. The Morgan fingerprint density at radius 2 is 1.82 bits per heavy atom. The van der Waals surface area contributed by atoms with E-state index in [1.165, 1.54) is 11.6 Å². The SMILES string of the molecule is O=C(O)CCOS(=O)(=O)c1ccc2c(c1)Cc1ccccc1-2. The third kappa shape index (κ3) is 2.75. The molecule has 0 unspecified atom stereocenters. The van der Waals surface area contributed by atoms with E-state index in [0.717, 1.165) is 16.7 Å². The molecule has 6 heteroatoms. The minimum atomic E-state index is -3.93. The molecule has 1 aliphatic rings. The fourth-order valence-corrected chi connectivity index (χ4v) is 3.54. The highest BCUT2D eigenvalue weighted by atomic mass is 32.2.